The Kier molecular flexibility index (Phi) is 3.53. The van der Waals surface area contributed by atoms with Crippen LogP contribution in [-0.2, 0) is 16.4 Å². The summed E-state index contributed by atoms with van der Waals surface area (Å²) in [7, 11) is -3.47. The van der Waals surface area contributed by atoms with Crippen molar-refractivity contribution in [3.05, 3.63) is 64.6 Å². The van der Waals surface area contributed by atoms with Crippen LogP contribution in [0.3, 0.4) is 0 Å². The molecule has 108 valence electrons. The highest BCUT2D eigenvalue weighted by Gasteiger charge is 2.30. The quantitative estimate of drug-likeness (QED) is 0.941. The van der Waals surface area contributed by atoms with Gasteiger partial charge < -0.3 is 10.5 Å². The van der Waals surface area contributed by atoms with Crippen LogP contribution in [0.5, 0.6) is 5.75 Å². The molecular formula is C16H15NO3S. The van der Waals surface area contributed by atoms with Crippen molar-refractivity contribution >= 4 is 15.9 Å². The van der Waals surface area contributed by atoms with Crippen LogP contribution in [0.2, 0.25) is 0 Å². The van der Waals surface area contributed by atoms with Gasteiger partial charge in [0.1, 0.15) is 12.4 Å². The monoisotopic (exact) mass is 301 g/mol. The van der Waals surface area contributed by atoms with Crippen LogP contribution in [0.15, 0.2) is 58.3 Å². The van der Waals surface area contributed by atoms with E-state index in [-0.39, 0.29) is 11.5 Å². The molecule has 21 heavy (non-hydrogen) atoms. The van der Waals surface area contributed by atoms with E-state index in [0.29, 0.717) is 22.8 Å². The molecule has 0 fully saturated rings. The zero-order valence-electron chi connectivity index (χ0n) is 11.3. The van der Waals surface area contributed by atoms with E-state index >= 15 is 0 Å². The molecule has 5 heteroatoms. The smallest absolute Gasteiger partial charge is 0.206 e. The third-order valence-corrected chi connectivity index (χ3v) is 5.25. The summed E-state index contributed by atoms with van der Waals surface area (Å²) in [5.74, 6) is 0.646. The molecule has 0 spiro atoms. The lowest BCUT2D eigenvalue weighted by atomic mass is 10.1. The van der Waals surface area contributed by atoms with E-state index in [1.165, 1.54) is 0 Å². The van der Waals surface area contributed by atoms with E-state index in [0.717, 1.165) is 5.56 Å². The maximum atomic E-state index is 12.5. The van der Waals surface area contributed by atoms with Crippen LogP contribution in [0, 0.1) is 0 Å². The predicted molar refractivity (Wildman–Crippen MR) is 81.4 cm³/mol. The maximum Gasteiger partial charge on any atom is 0.206 e. The van der Waals surface area contributed by atoms with Gasteiger partial charge in [-0.3, -0.25) is 0 Å². The Bertz CT molecular complexity index is 796. The van der Waals surface area contributed by atoms with Crippen LogP contribution in [0.25, 0.3) is 6.08 Å². The van der Waals surface area contributed by atoms with Crippen molar-refractivity contribution in [1.29, 1.82) is 0 Å². The summed E-state index contributed by atoms with van der Waals surface area (Å²) in [6.45, 7) is 0.345. The van der Waals surface area contributed by atoms with E-state index in [4.69, 9.17) is 10.5 Å². The van der Waals surface area contributed by atoms with E-state index in [1.807, 2.05) is 24.3 Å². The standard InChI is InChI=1S/C16H15NO3S/c17-10-12-6-7-13-9-15(21(18,19)16(13)8-12)11-20-14-4-2-1-3-5-14/h1-9H,10-11,17H2. The molecule has 0 amide bonds. The highest BCUT2D eigenvalue weighted by molar-refractivity contribution is 7.95. The van der Waals surface area contributed by atoms with Crippen molar-refractivity contribution in [2.24, 2.45) is 5.73 Å². The fraction of sp³-hybridized carbons (Fsp3) is 0.125. The van der Waals surface area contributed by atoms with E-state index in [1.54, 1.807) is 30.3 Å². The second-order valence-corrected chi connectivity index (χ2v) is 6.76. The zero-order chi connectivity index (χ0) is 14.9. The molecule has 3 rings (SSSR count). The molecule has 0 unspecified atom stereocenters. The first kappa shape index (κ1) is 13.9. The Morgan fingerprint density at radius 2 is 1.81 bits per heavy atom. The fourth-order valence-electron chi connectivity index (χ4n) is 2.24. The van der Waals surface area contributed by atoms with E-state index < -0.39 is 9.84 Å². The van der Waals surface area contributed by atoms with Crippen molar-refractivity contribution in [3.63, 3.8) is 0 Å². The summed E-state index contributed by atoms with van der Waals surface area (Å²) in [6, 6.07) is 14.4. The van der Waals surface area contributed by atoms with Gasteiger partial charge in [-0.05, 0) is 35.4 Å². The predicted octanol–water partition coefficient (Wildman–Crippen LogP) is 2.35. The lowest BCUT2D eigenvalue weighted by Gasteiger charge is -2.07. The second kappa shape index (κ2) is 5.35. The maximum absolute atomic E-state index is 12.5. The summed E-state index contributed by atoms with van der Waals surface area (Å²) in [5, 5.41) is 0. The third-order valence-electron chi connectivity index (χ3n) is 3.39. The van der Waals surface area contributed by atoms with Crippen LogP contribution in [-0.4, -0.2) is 15.0 Å². The highest BCUT2D eigenvalue weighted by Crippen LogP contribution is 2.33. The molecule has 4 nitrogen and oxygen atoms in total. The Balaban J connectivity index is 1.86. The second-order valence-electron chi connectivity index (χ2n) is 4.79. The molecule has 0 saturated carbocycles. The molecule has 0 aromatic heterocycles. The van der Waals surface area contributed by atoms with Gasteiger partial charge >= 0.3 is 0 Å². The number of ether oxygens (including phenoxy) is 1. The topological polar surface area (TPSA) is 69.4 Å². The average molecular weight is 301 g/mol. The third kappa shape index (κ3) is 2.57. The van der Waals surface area contributed by atoms with Crippen molar-refractivity contribution in [2.45, 2.75) is 11.4 Å². The zero-order valence-corrected chi connectivity index (χ0v) is 12.1. The van der Waals surface area contributed by atoms with E-state index in [9.17, 15) is 8.42 Å². The van der Waals surface area contributed by atoms with Gasteiger partial charge in [-0.25, -0.2) is 8.42 Å². The molecule has 0 radical (unpaired) electrons. The summed E-state index contributed by atoms with van der Waals surface area (Å²) in [5.41, 5.74) is 7.06. The Morgan fingerprint density at radius 3 is 2.52 bits per heavy atom. The summed E-state index contributed by atoms with van der Waals surface area (Å²) < 4.78 is 30.5. The molecule has 1 heterocycles. The van der Waals surface area contributed by atoms with Crippen LogP contribution in [0.1, 0.15) is 11.1 Å². The Labute approximate surface area is 123 Å². The number of hydrogen-bond acceptors (Lipinski definition) is 4. The van der Waals surface area contributed by atoms with Crippen molar-refractivity contribution in [3.8, 4) is 5.75 Å². The normalized spacial score (nSPS) is 15.4. The van der Waals surface area contributed by atoms with Crippen LogP contribution in [0.4, 0.5) is 0 Å². The van der Waals surface area contributed by atoms with Crippen molar-refractivity contribution < 1.29 is 13.2 Å². The van der Waals surface area contributed by atoms with Gasteiger partial charge in [0.2, 0.25) is 9.84 Å². The molecule has 1 aliphatic heterocycles. The Hall–Kier alpha value is -2.11. The lowest BCUT2D eigenvalue weighted by Crippen LogP contribution is -2.09. The molecule has 2 aromatic carbocycles. The molecule has 2 aromatic rings. The lowest BCUT2D eigenvalue weighted by molar-refractivity contribution is 0.359. The summed E-state index contributed by atoms with van der Waals surface area (Å²) >= 11 is 0. The van der Waals surface area contributed by atoms with Crippen molar-refractivity contribution in [1.82, 2.24) is 0 Å². The van der Waals surface area contributed by atoms with Gasteiger partial charge in [0.05, 0.1) is 9.80 Å². The number of fused-ring (bicyclic) bond motifs is 1. The van der Waals surface area contributed by atoms with Gasteiger partial charge in [0.25, 0.3) is 0 Å². The van der Waals surface area contributed by atoms with E-state index in [2.05, 4.69) is 0 Å². The first-order valence-electron chi connectivity index (χ1n) is 6.58. The summed E-state index contributed by atoms with van der Waals surface area (Å²) in [4.78, 5) is 0.590. The number of para-hydroxylation sites is 1. The molecule has 2 N–H and O–H groups in total. The van der Waals surface area contributed by atoms with Gasteiger partial charge in [-0.15, -0.1) is 0 Å². The molecule has 0 bridgehead atoms. The van der Waals surface area contributed by atoms with Gasteiger partial charge in [-0.2, -0.15) is 0 Å². The first-order valence-corrected chi connectivity index (χ1v) is 8.06. The minimum Gasteiger partial charge on any atom is -0.488 e. The minimum absolute atomic E-state index is 0.0268. The average Bonchev–Trinajstić information content (AvgIpc) is 2.76. The van der Waals surface area contributed by atoms with Crippen LogP contribution >= 0.6 is 0 Å². The molecule has 0 aliphatic carbocycles. The fourth-order valence-corrected chi connectivity index (χ4v) is 3.76. The molecule has 0 atom stereocenters. The van der Waals surface area contributed by atoms with Crippen molar-refractivity contribution in [2.75, 3.05) is 6.61 Å². The molecular weight excluding hydrogens is 286 g/mol. The number of rotatable bonds is 4. The highest BCUT2D eigenvalue weighted by atomic mass is 32.2. The van der Waals surface area contributed by atoms with Gasteiger partial charge in [0, 0.05) is 6.54 Å². The van der Waals surface area contributed by atoms with Gasteiger partial charge in [-0.1, -0.05) is 30.3 Å². The number of sulfone groups is 1. The first-order chi connectivity index (χ1) is 10.1. The number of hydrogen-bond donors (Lipinski definition) is 1. The number of benzene rings is 2. The van der Waals surface area contributed by atoms with Gasteiger partial charge in [0.15, 0.2) is 0 Å². The van der Waals surface area contributed by atoms with Crippen LogP contribution < -0.4 is 10.5 Å². The summed E-state index contributed by atoms with van der Waals surface area (Å²) in [6.07, 6.45) is 1.66. The number of nitrogens with two attached hydrogens (primary N) is 1. The minimum atomic E-state index is -3.47. The Morgan fingerprint density at radius 1 is 1.05 bits per heavy atom. The largest absolute Gasteiger partial charge is 0.488 e. The SMILES string of the molecule is NCc1ccc2c(c1)S(=O)(=O)C(COc1ccccc1)=C2. The molecule has 1 aliphatic rings. The molecule has 0 saturated heterocycles.